The monoisotopic (exact) mass is 671 g/mol. The molecule has 2 atom stereocenters. The number of benzene rings is 4. The van der Waals surface area contributed by atoms with E-state index in [9.17, 15) is 9.18 Å². The van der Waals surface area contributed by atoms with Crippen LogP contribution in [0.3, 0.4) is 0 Å². The third kappa shape index (κ3) is 7.51. The van der Waals surface area contributed by atoms with Crippen molar-refractivity contribution in [3.05, 3.63) is 146 Å². The molecule has 0 aromatic heterocycles. The summed E-state index contributed by atoms with van der Waals surface area (Å²) < 4.78 is 27.0. The quantitative estimate of drug-likeness (QED) is 0.0688. The zero-order chi connectivity index (χ0) is 31.6. The van der Waals surface area contributed by atoms with Gasteiger partial charge in [0.05, 0.1) is 13.2 Å². The Morgan fingerprint density at radius 1 is 1.07 bits per heavy atom. The Kier molecular flexibility index (Phi) is 10.5. The van der Waals surface area contributed by atoms with Crippen molar-refractivity contribution in [3.8, 4) is 5.75 Å². The summed E-state index contributed by atoms with van der Waals surface area (Å²) in [5.41, 5.74) is 11.0. The van der Waals surface area contributed by atoms with Crippen molar-refractivity contribution in [2.24, 2.45) is 10.1 Å². The van der Waals surface area contributed by atoms with E-state index in [0.717, 1.165) is 15.6 Å². The fourth-order valence-electron chi connectivity index (χ4n) is 5.21. The Hall–Kier alpha value is -4.70. The van der Waals surface area contributed by atoms with E-state index >= 15 is 0 Å². The van der Waals surface area contributed by atoms with Crippen molar-refractivity contribution >= 4 is 27.7 Å². The number of halogens is 2. The van der Waals surface area contributed by atoms with Gasteiger partial charge in [0, 0.05) is 46.5 Å². The average molecular weight is 673 g/mol. The van der Waals surface area contributed by atoms with Crippen LogP contribution >= 0.6 is 15.9 Å². The third-order valence-corrected chi connectivity index (χ3v) is 8.16. The van der Waals surface area contributed by atoms with E-state index in [2.05, 4.69) is 31.3 Å². The highest BCUT2D eigenvalue weighted by Crippen LogP contribution is 2.45. The summed E-state index contributed by atoms with van der Waals surface area (Å²) in [6.07, 6.45) is -0.222. The molecule has 1 amide bonds. The van der Waals surface area contributed by atoms with Crippen molar-refractivity contribution in [2.75, 3.05) is 13.2 Å². The molecule has 0 aliphatic carbocycles. The second kappa shape index (κ2) is 14.9. The van der Waals surface area contributed by atoms with Crippen molar-refractivity contribution in [1.29, 1.82) is 0 Å². The zero-order valence-electron chi connectivity index (χ0n) is 24.3. The van der Waals surface area contributed by atoms with Gasteiger partial charge in [-0.2, -0.15) is 0 Å². The van der Waals surface area contributed by atoms with Crippen LogP contribution in [0.1, 0.15) is 40.3 Å². The van der Waals surface area contributed by atoms with Crippen molar-refractivity contribution < 1.29 is 23.8 Å². The highest BCUT2D eigenvalue weighted by Gasteiger charge is 2.54. The number of aliphatic hydroxyl groups excluding tert-OH is 1. The van der Waals surface area contributed by atoms with Gasteiger partial charge in [0.15, 0.2) is 11.6 Å². The van der Waals surface area contributed by atoms with E-state index in [4.69, 9.17) is 25.1 Å². The van der Waals surface area contributed by atoms with Crippen LogP contribution in [0.25, 0.3) is 10.4 Å². The molecule has 0 unspecified atom stereocenters. The van der Waals surface area contributed by atoms with Crippen LogP contribution in [0.5, 0.6) is 5.75 Å². The first-order valence-electron chi connectivity index (χ1n) is 14.4. The number of nitrogens with one attached hydrogen (secondary N) is 1. The number of aliphatic hydroxyl groups is 1. The molecule has 0 bridgehead atoms. The molecule has 9 nitrogen and oxygen atoms in total. The third-order valence-electron chi connectivity index (χ3n) is 7.44. The van der Waals surface area contributed by atoms with Gasteiger partial charge in [-0.05, 0) is 64.7 Å². The molecule has 230 valence electrons. The maximum absolute atomic E-state index is 14.5. The molecular weight excluding hydrogens is 641 g/mol. The smallest absolute Gasteiger partial charge is 0.252 e. The summed E-state index contributed by atoms with van der Waals surface area (Å²) >= 11 is 3.65. The predicted octanol–water partition coefficient (Wildman–Crippen LogP) is 6.98. The van der Waals surface area contributed by atoms with Crippen LogP contribution in [0.4, 0.5) is 4.39 Å². The minimum atomic E-state index is -1.50. The van der Waals surface area contributed by atoms with E-state index in [0.29, 0.717) is 35.5 Å². The molecule has 0 saturated carbocycles. The fraction of sp³-hybridized carbons (Fsp3) is 0.235. The van der Waals surface area contributed by atoms with Gasteiger partial charge in [0.25, 0.3) is 5.91 Å². The molecule has 2 N–H and O–H groups in total. The second-order valence-corrected chi connectivity index (χ2v) is 11.3. The lowest BCUT2D eigenvalue weighted by molar-refractivity contribution is -0.129. The lowest BCUT2D eigenvalue weighted by Crippen LogP contribution is -2.50. The van der Waals surface area contributed by atoms with Crippen molar-refractivity contribution in [3.63, 3.8) is 0 Å². The van der Waals surface area contributed by atoms with Crippen LogP contribution < -0.4 is 10.1 Å². The van der Waals surface area contributed by atoms with Gasteiger partial charge < -0.3 is 19.9 Å². The number of hydrogen-bond donors (Lipinski definition) is 2. The standard InChI is InChI=1S/C34H31BrFN5O4/c35-30-12-4-3-11-29(30)31-34(20-25-8-1-2-9-26(25)22-39-41-37,33(43)38-21-23-7-5-10-27(36)19-23)40-32(45-31)24-13-15-28(16-14-24)44-18-6-17-42/h1-5,7-16,19,31,42H,6,17-18,20-22H2,(H,38,43)/t31-,34-/m1/s1. The van der Waals surface area contributed by atoms with Gasteiger partial charge in [0.1, 0.15) is 11.6 Å². The predicted molar refractivity (Wildman–Crippen MR) is 172 cm³/mol. The first kappa shape index (κ1) is 31.7. The lowest BCUT2D eigenvalue weighted by Gasteiger charge is -2.32. The van der Waals surface area contributed by atoms with Crippen molar-refractivity contribution in [1.82, 2.24) is 5.32 Å². The SMILES string of the molecule is [N-]=[N+]=NCc1ccccc1C[C@@]1(C(=O)NCc2cccc(F)c2)N=C(c2ccc(OCCCO)cc2)O[C@@H]1c1ccccc1Br. The van der Waals surface area contributed by atoms with Crippen LogP contribution in [0.15, 0.2) is 112 Å². The number of hydrogen-bond acceptors (Lipinski definition) is 6. The number of amides is 1. The van der Waals surface area contributed by atoms with E-state index in [1.807, 2.05) is 48.5 Å². The summed E-state index contributed by atoms with van der Waals surface area (Å²) in [7, 11) is 0. The number of aliphatic imine (C=N–C) groups is 1. The molecule has 45 heavy (non-hydrogen) atoms. The summed E-state index contributed by atoms with van der Waals surface area (Å²) in [6.45, 7) is 0.588. The van der Waals surface area contributed by atoms with E-state index in [-0.39, 0.29) is 32.0 Å². The first-order chi connectivity index (χ1) is 21.9. The maximum atomic E-state index is 14.5. The summed E-state index contributed by atoms with van der Waals surface area (Å²) in [6, 6.07) is 28.2. The van der Waals surface area contributed by atoms with Crippen LogP contribution in [0.2, 0.25) is 0 Å². The lowest BCUT2D eigenvalue weighted by atomic mass is 9.81. The Bertz CT molecular complexity index is 1730. The maximum Gasteiger partial charge on any atom is 0.252 e. The molecule has 4 aromatic carbocycles. The molecule has 1 heterocycles. The molecular formula is C34H31BrFN5O4. The number of carbonyl (C=O) groups excluding carboxylic acids is 1. The van der Waals surface area contributed by atoms with E-state index < -0.39 is 23.4 Å². The van der Waals surface area contributed by atoms with Gasteiger partial charge in [-0.1, -0.05) is 75.6 Å². The van der Waals surface area contributed by atoms with Crippen LogP contribution in [-0.2, 0) is 29.0 Å². The minimum absolute atomic E-state index is 0.0362. The van der Waals surface area contributed by atoms with Gasteiger partial charge in [-0.15, -0.1) is 0 Å². The Balaban J connectivity index is 1.60. The molecule has 4 aromatic rings. The first-order valence-corrected chi connectivity index (χ1v) is 15.2. The van der Waals surface area contributed by atoms with E-state index in [1.54, 1.807) is 36.4 Å². The summed E-state index contributed by atoms with van der Waals surface area (Å²) in [5.74, 6) is 0.0817. The Labute approximate surface area is 268 Å². The number of nitrogens with zero attached hydrogens (tertiary/aromatic N) is 4. The highest BCUT2D eigenvalue weighted by atomic mass is 79.9. The largest absolute Gasteiger partial charge is 0.494 e. The average Bonchev–Trinajstić information content (AvgIpc) is 3.44. The van der Waals surface area contributed by atoms with Crippen LogP contribution in [-0.4, -0.2) is 35.7 Å². The second-order valence-electron chi connectivity index (χ2n) is 10.5. The topological polar surface area (TPSA) is 129 Å². The van der Waals surface area contributed by atoms with Gasteiger partial charge in [-0.25, -0.2) is 9.38 Å². The number of carbonyl (C=O) groups is 1. The normalized spacial score (nSPS) is 17.1. The minimum Gasteiger partial charge on any atom is -0.494 e. The summed E-state index contributed by atoms with van der Waals surface area (Å²) in [5, 5.41) is 15.8. The van der Waals surface area contributed by atoms with Crippen LogP contribution in [0, 0.1) is 5.82 Å². The van der Waals surface area contributed by atoms with Gasteiger partial charge >= 0.3 is 0 Å². The molecule has 0 saturated heterocycles. The molecule has 0 fully saturated rings. The number of azide groups is 1. The van der Waals surface area contributed by atoms with Crippen molar-refractivity contribution in [2.45, 2.75) is 37.6 Å². The van der Waals surface area contributed by atoms with E-state index in [1.165, 1.54) is 12.1 Å². The molecule has 5 rings (SSSR count). The molecule has 0 radical (unpaired) electrons. The number of rotatable bonds is 13. The molecule has 1 aliphatic rings. The molecule has 11 heteroatoms. The van der Waals surface area contributed by atoms with Gasteiger partial charge in [0.2, 0.25) is 5.90 Å². The Morgan fingerprint density at radius 3 is 2.56 bits per heavy atom. The Morgan fingerprint density at radius 2 is 1.82 bits per heavy atom. The highest BCUT2D eigenvalue weighted by molar-refractivity contribution is 9.10. The zero-order valence-corrected chi connectivity index (χ0v) is 25.9. The van der Waals surface area contributed by atoms with Gasteiger partial charge in [-0.3, -0.25) is 4.79 Å². The summed E-state index contributed by atoms with van der Waals surface area (Å²) in [4.78, 5) is 22.5. The fourth-order valence-corrected chi connectivity index (χ4v) is 5.70. The molecule has 0 spiro atoms. The molecule has 1 aliphatic heterocycles. The number of ether oxygens (including phenoxy) is 2.